The van der Waals surface area contributed by atoms with E-state index in [0.717, 1.165) is 6.07 Å². The van der Waals surface area contributed by atoms with Crippen molar-refractivity contribution >= 4 is 18.2 Å². The smallest absolute Gasteiger partial charge is 0.170 e. The first-order chi connectivity index (χ1) is 7.80. The molecule has 0 radical (unpaired) electrons. The van der Waals surface area contributed by atoms with Gasteiger partial charge in [0.25, 0.3) is 0 Å². The fourth-order valence-electron chi connectivity index (χ4n) is 1.33. The average Bonchev–Trinajstić information content (AvgIpc) is 2.27. The van der Waals surface area contributed by atoms with E-state index in [2.05, 4.69) is 0 Å². The van der Waals surface area contributed by atoms with Crippen LogP contribution in [0, 0.1) is 22.6 Å². The number of rotatable bonds is 3. The third-order valence-electron chi connectivity index (χ3n) is 3.08. The van der Waals surface area contributed by atoms with Gasteiger partial charge < -0.3 is 5.73 Å². The molecule has 0 heterocycles. The molecule has 1 aromatic rings. The van der Waals surface area contributed by atoms with Crippen LogP contribution < -0.4 is 5.73 Å². The van der Waals surface area contributed by atoms with Gasteiger partial charge in [-0.15, -0.1) is 12.4 Å². The van der Waals surface area contributed by atoms with Gasteiger partial charge in [0.1, 0.15) is 11.9 Å². The number of hydrogen-bond donors (Lipinski definition) is 1. The van der Waals surface area contributed by atoms with E-state index in [1.807, 2.05) is 0 Å². The number of nitrogens with two attached hydrogens (primary N) is 1. The molecule has 1 atom stereocenters. The fraction of sp³-hybridized carbons (Fsp3) is 0.385. The third-order valence-corrected chi connectivity index (χ3v) is 3.08. The van der Waals surface area contributed by atoms with Gasteiger partial charge in [-0.05, 0) is 25.1 Å². The molecule has 3 nitrogen and oxygen atoms in total. The van der Waals surface area contributed by atoms with Crippen molar-refractivity contribution in [2.24, 2.45) is 11.1 Å². The Morgan fingerprint density at radius 1 is 1.50 bits per heavy atom. The number of nitriles is 1. The Morgan fingerprint density at radius 2 is 2.06 bits per heavy atom. The van der Waals surface area contributed by atoms with Gasteiger partial charge in [-0.3, -0.25) is 4.79 Å². The first-order valence-corrected chi connectivity index (χ1v) is 5.30. The molecule has 0 aliphatic heterocycles. The minimum atomic E-state index is -0.763. The summed E-state index contributed by atoms with van der Waals surface area (Å²) in [4.78, 5) is 12.1. The summed E-state index contributed by atoms with van der Waals surface area (Å²) in [5.74, 6) is -0.908. The van der Waals surface area contributed by atoms with Crippen LogP contribution in [0.3, 0.4) is 0 Å². The zero-order chi connectivity index (χ0) is 13.2. The van der Waals surface area contributed by atoms with Gasteiger partial charge in [-0.2, -0.15) is 5.26 Å². The van der Waals surface area contributed by atoms with Crippen molar-refractivity contribution in [2.45, 2.75) is 26.8 Å². The largest absolute Gasteiger partial charge is 0.327 e. The highest BCUT2D eigenvalue weighted by molar-refractivity contribution is 6.00. The zero-order valence-corrected chi connectivity index (χ0v) is 11.3. The molecule has 1 aromatic carbocycles. The molecule has 0 aliphatic carbocycles. The molecule has 98 valence electrons. The number of Topliss-reactive ketones (excluding diaryl/α,β-unsaturated/α-hetero) is 1. The Bertz CT molecular complexity index is 492. The van der Waals surface area contributed by atoms with E-state index >= 15 is 0 Å². The lowest BCUT2D eigenvalue weighted by Gasteiger charge is -2.27. The van der Waals surface area contributed by atoms with Crippen molar-refractivity contribution in [1.29, 1.82) is 5.26 Å². The molecule has 0 aliphatic rings. The number of carbonyl (C=O) groups excluding carboxylic acids is 1. The van der Waals surface area contributed by atoms with Gasteiger partial charge in [0.15, 0.2) is 5.78 Å². The minimum Gasteiger partial charge on any atom is -0.327 e. The van der Waals surface area contributed by atoms with Crippen LogP contribution in [0.1, 0.15) is 36.7 Å². The summed E-state index contributed by atoms with van der Waals surface area (Å²) in [7, 11) is 0. The fourth-order valence-corrected chi connectivity index (χ4v) is 1.33. The molecule has 18 heavy (non-hydrogen) atoms. The Balaban J connectivity index is 0.00000289. The lowest BCUT2D eigenvalue weighted by atomic mass is 9.78. The van der Waals surface area contributed by atoms with Gasteiger partial charge in [0.05, 0.1) is 5.56 Å². The molecule has 0 aromatic heterocycles. The molecule has 0 bridgehead atoms. The van der Waals surface area contributed by atoms with Crippen LogP contribution in [0.5, 0.6) is 0 Å². The molecule has 1 unspecified atom stereocenters. The Labute approximate surface area is 112 Å². The number of carbonyl (C=O) groups is 1. The quantitative estimate of drug-likeness (QED) is 0.859. The number of ketones is 1. The second-order valence-corrected chi connectivity index (χ2v) is 4.65. The molecule has 2 N–H and O–H groups in total. The minimum absolute atomic E-state index is 0. The summed E-state index contributed by atoms with van der Waals surface area (Å²) >= 11 is 0. The summed E-state index contributed by atoms with van der Waals surface area (Å²) in [6.07, 6.45) is 0. The second-order valence-electron chi connectivity index (χ2n) is 4.65. The number of nitrogens with zero attached hydrogens (tertiary/aromatic N) is 1. The van der Waals surface area contributed by atoms with Crippen LogP contribution in [0.15, 0.2) is 18.2 Å². The van der Waals surface area contributed by atoms with Crippen molar-refractivity contribution in [2.75, 3.05) is 0 Å². The maximum Gasteiger partial charge on any atom is 0.170 e. The average molecular weight is 271 g/mol. The van der Waals surface area contributed by atoms with Gasteiger partial charge >= 0.3 is 0 Å². The van der Waals surface area contributed by atoms with Gasteiger partial charge in [0.2, 0.25) is 0 Å². The summed E-state index contributed by atoms with van der Waals surface area (Å²) < 4.78 is 13.4. The normalized spacial score (nSPS) is 12.2. The molecule has 0 fully saturated rings. The molecule has 5 heteroatoms. The predicted molar refractivity (Wildman–Crippen MR) is 70.1 cm³/mol. The molecule has 0 saturated carbocycles. The van der Waals surface area contributed by atoms with E-state index in [4.69, 9.17) is 11.0 Å². The van der Waals surface area contributed by atoms with Crippen LogP contribution >= 0.6 is 12.4 Å². The van der Waals surface area contributed by atoms with E-state index in [-0.39, 0.29) is 35.4 Å². The highest BCUT2D eigenvalue weighted by Gasteiger charge is 2.32. The van der Waals surface area contributed by atoms with Crippen LogP contribution in [0.25, 0.3) is 0 Å². The predicted octanol–water partition coefficient (Wildman–Crippen LogP) is 2.68. The summed E-state index contributed by atoms with van der Waals surface area (Å²) in [5.41, 5.74) is 5.14. The van der Waals surface area contributed by atoms with E-state index in [1.165, 1.54) is 12.1 Å². The van der Waals surface area contributed by atoms with Crippen LogP contribution in [-0.4, -0.2) is 11.8 Å². The van der Waals surface area contributed by atoms with Crippen molar-refractivity contribution in [3.63, 3.8) is 0 Å². The molecular formula is C13H16ClFN2O. The first-order valence-electron chi connectivity index (χ1n) is 5.30. The van der Waals surface area contributed by atoms with Crippen molar-refractivity contribution < 1.29 is 9.18 Å². The summed E-state index contributed by atoms with van der Waals surface area (Å²) in [5, 5.41) is 8.60. The van der Waals surface area contributed by atoms with Gasteiger partial charge in [-0.1, -0.05) is 13.8 Å². The van der Waals surface area contributed by atoms with E-state index in [9.17, 15) is 9.18 Å². The van der Waals surface area contributed by atoms with Crippen LogP contribution in [0.2, 0.25) is 0 Å². The molecular weight excluding hydrogens is 255 g/mol. The molecule has 0 saturated heterocycles. The third kappa shape index (κ3) is 3.06. The van der Waals surface area contributed by atoms with Gasteiger partial charge in [-0.25, -0.2) is 4.39 Å². The zero-order valence-electron chi connectivity index (χ0n) is 10.5. The summed E-state index contributed by atoms with van der Waals surface area (Å²) in [6.45, 7) is 5.17. The van der Waals surface area contributed by atoms with Crippen LogP contribution in [-0.2, 0) is 0 Å². The maximum absolute atomic E-state index is 13.4. The van der Waals surface area contributed by atoms with Gasteiger partial charge in [0, 0.05) is 17.0 Å². The molecule has 0 amide bonds. The number of hydrogen-bond acceptors (Lipinski definition) is 3. The highest BCUT2D eigenvalue weighted by Crippen LogP contribution is 2.25. The Kier molecular flexibility index (Phi) is 5.47. The van der Waals surface area contributed by atoms with Crippen molar-refractivity contribution in [3.8, 4) is 6.07 Å². The monoisotopic (exact) mass is 270 g/mol. The van der Waals surface area contributed by atoms with E-state index in [1.54, 1.807) is 26.8 Å². The standard InChI is InChI=1S/C13H15FN2O.ClH/c1-8(16)13(2,3)12(17)9-4-5-10(7-15)11(14)6-9;/h4-6,8H,16H2,1-3H3;1H. The Hall–Kier alpha value is -1.44. The number of halogens is 2. The van der Waals surface area contributed by atoms with Crippen molar-refractivity contribution in [3.05, 3.63) is 35.1 Å². The lowest BCUT2D eigenvalue weighted by Crippen LogP contribution is -2.41. The SMILES string of the molecule is CC(N)C(C)(C)C(=O)c1ccc(C#N)c(F)c1.Cl. The highest BCUT2D eigenvalue weighted by atomic mass is 35.5. The second kappa shape index (κ2) is 5.94. The lowest BCUT2D eigenvalue weighted by molar-refractivity contribution is 0.0810. The molecule has 1 rings (SSSR count). The van der Waals surface area contributed by atoms with Crippen molar-refractivity contribution in [1.82, 2.24) is 0 Å². The van der Waals surface area contributed by atoms with E-state index in [0.29, 0.717) is 0 Å². The maximum atomic E-state index is 13.4. The first kappa shape index (κ1) is 16.6. The number of benzene rings is 1. The Morgan fingerprint density at radius 3 is 2.44 bits per heavy atom. The van der Waals surface area contributed by atoms with E-state index < -0.39 is 11.2 Å². The summed E-state index contributed by atoms with van der Waals surface area (Å²) in [6, 6.07) is 5.22. The van der Waals surface area contributed by atoms with Crippen LogP contribution in [0.4, 0.5) is 4.39 Å². The topological polar surface area (TPSA) is 66.9 Å². The molecule has 0 spiro atoms.